The van der Waals surface area contributed by atoms with Gasteiger partial charge in [0, 0.05) is 18.5 Å². The summed E-state index contributed by atoms with van der Waals surface area (Å²) >= 11 is 0. The highest BCUT2D eigenvalue weighted by molar-refractivity contribution is 5.82. The van der Waals surface area contributed by atoms with Crippen LogP contribution in [-0.4, -0.2) is 48.2 Å². The lowest BCUT2D eigenvalue weighted by Gasteiger charge is -2.27. The first kappa shape index (κ1) is 15.2. The van der Waals surface area contributed by atoms with Crippen LogP contribution < -0.4 is 0 Å². The molecule has 0 saturated carbocycles. The third-order valence-electron chi connectivity index (χ3n) is 2.74. The summed E-state index contributed by atoms with van der Waals surface area (Å²) in [5, 5.41) is 0. The number of nitrogens with zero attached hydrogens (tertiary/aromatic N) is 1. The summed E-state index contributed by atoms with van der Waals surface area (Å²) in [5.41, 5.74) is -0.643. The van der Waals surface area contributed by atoms with Crippen molar-refractivity contribution in [1.82, 2.24) is 4.90 Å². The van der Waals surface area contributed by atoms with Gasteiger partial charge in [-0.05, 0) is 27.2 Å². The smallest absolute Gasteiger partial charge is 0.411 e. The normalized spacial score (nSPS) is 22.6. The summed E-state index contributed by atoms with van der Waals surface area (Å²) in [5.74, 6) is 0.982. The van der Waals surface area contributed by atoms with Gasteiger partial charge in [-0.25, -0.2) is 14.4 Å². The minimum Gasteiger partial charge on any atom is -0.467 e. The number of amides is 1. The fourth-order valence-electron chi connectivity index (χ4n) is 1.97. The van der Waals surface area contributed by atoms with Gasteiger partial charge in [0.2, 0.25) is 0 Å². The van der Waals surface area contributed by atoms with Crippen molar-refractivity contribution in [2.24, 2.45) is 5.92 Å². The zero-order chi connectivity index (χ0) is 14.6. The van der Waals surface area contributed by atoms with Gasteiger partial charge in [0.05, 0.1) is 7.11 Å². The molecule has 1 heterocycles. The van der Waals surface area contributed by atoms with Gasteiger partial charge in [-0.3, -0.25) is 4.90 Å². The molecule has 6 heteroatoms. The first-order valence-corrected chi connectivity index (χ1v) is 6.07. The van der Waals surface area contributed by atoms with Crippen molar-refractivity contribution < 1.29 is 23.9 Å². The van der Waals surface area contributed by atoms with E-state index in [4.69, 9.17) is 4.74 Å². The van der Waals surface area contributed by atoms with Crippen LogP contribution in [0.2, 0.25) is 0 Å². The second kappa shape index (κ2) is 5.89. The number of carbonyl (C=O) groups excluding carboxylic acids is 3. The molecule has 1 saturated heterocycles. The average molecular weight is 269 g/mol. The first-order chi connectivity index (χ1) is 8.78. The van der Waals surface area contributed by atoms with E-state index in [1.165, 1.54) is 18.1 Å². The summed E-state index contributed by atoms with van der Waals surface area (Å²) in [6, 6.07) is -0.713. The Morgan fingerprint density at radius 1 is 1.37 bits per heavy atom. The highest BCUT2D eigenvalue weighted by Crippen LogP contribution is 2.26. The maximum Gasteiger partial charge on any atom is 0.411 e. The van der Waals surface area contributed by atoms with Gasteiger partial charge < -0.3 is 9.47 Å². The molecule has 1 aliphatic heterocycles. The lowest BCUT2D eigenvalue weighted by molar-refractivity contribution is -0.145. The number of hydrogen-bond donors (Lipinski definition) is 0. The molecule has 1 unspecified atom stereocenters. The maximum absolute atomic E-state index is 12.0. The van der Waals surface area contributed by atoms with E-state index in [-0.39, 0.29) is 12.5 Å². The number of esters is 1. The number of ether oxygens (including phenoxy) is 2. The molecule has 0 radical (unpaired) electrons. The van der Waals surface area contributed by atoms with Crippen molar-refractivity contribution in [2.45, 2.75) is 38.8 Å². The number of likely N-dealkylation sites (tertiary alicyclic amines) is 1. The fourth-order valence-corrected chi connectivity index (χ4v) is 1.97. The summed E-state index contributed by atoms with van der Waals surface area (Å²) in [4.78, 5) is 35.4. The van der Waals surface area contributed by atoms with Crippen molar-refractivity contribution in [3.8, 4) is 0 Å². The molecule has 0 spiro atoms. The average Bonchev–Trinajstić information content (AvgIpc) is 2.70. The number of rotatable bonds is 2. The van der Waals surface area contributed by atoms with Crippen molar-refractivity contribution in [2.75, 3.05) is 13.7 Å². The molecule has 0 aromatic carbocycles. The Balaban J connectivity index is 2.85. The molecule has 106 valence electrons. The zero-order valence-corrected chi connectivity index (χ0v) is 11.6. The van der Waals surface area contributed by atoms with Crippen LogP contribution in [0.5, 0.6) is 0 Å². The third-order valence-corrected chi connectivity index (χ3v) is 2.74. The Hall–Kier alpha value is -1.81. The van der Waals surface area contributed by atoms with Gasteiger partial charge in [-0.2, -0.15) is 0 Å². The van der Waals surface area contributed by atoms with Gasteiger partial charge in [0.25, 0.3) is 0 Å². The van der Waals surface area contributed by atoms with E-state index in [1.807, 2.05) is 0 Å². The van der Waals surface area contributed by atoms with Crippen LogP contribution in [0.15, 0.2) is 6.08 Å². The Morgan fingerprint density at radius 3 is 2.47 bits per heavy atom. The van der Waals surface area contributed by atoms with E-state index in [0.29, 0.717) is 6.42 Å². The van der Waals surface area contributed by atoms with E-state index in [2.05, 4.69) is 4.74 Å². The van der Waals surface area contributed by atoms with Crippen molar-refractivity contribution in [1.29, 1.82) is 0 Å². The van der Waals surface area contributed by atoms with Crippen LogP contribution in [0.1, 0.15) is 27.2 Å². The standard InChI is InChI=1S/C13H19NO5/c1-13(2,3)19-12(17)14-8-9(5-6-15)7-10(14)11(16)18-4/h5,9-10H,7-8H2,1-4H3/t9?,10-/m0/s1. The van der Waals surface area contributed by atoms with Crippen LogP contribution in [0.3, 0.4) is 0 Å². The van der Waals surface area contributed by atoms with E-state index in [9.17, 15) is 14.4 Å². The number of hydrogen-bond acceptors (Lipinski definition) is 5. The Labute approximate surface area is 112 Å². The van der Waals surface area contributed by atoms with Crippen molar-refractivity contribution >= 4 is 18.0 Å². The molecule has 1 aliphatic rings. The van der Waals surface area contributed by atoms with Crippen molar-refractivity contribution in [3.63, 3.8) is 0 Å². The molecular weight excluding hydrogens is 250 g/mol. The quantitative estimate of drug-likeness (QED) is 0.556. The van der Waals surface area contributed by atoms with Gasteiger partial charge in [-0.1, -0.05) is 0 Å². The molecule has 19 heavy (non-hydrogen) atoms. The summed E-state index contributed by atoms with van der Waals surface area (Å²) < 4.78 is 9.91. The lowest BCUT2D eigenvalue weighted by Crippen LogP contribution is -2.43. The SMILES string of the molecule is COC(=O)[C@@H]1CC(C=C=O)CN1C(=O)OC(C)(C)C. The first-order valence-electron chi connectivity index (χ1n) is 6.07. The molecule has 0 aliphatic carbocycles. The molecule has 0 aromatic heterocycles. The highest BCUT2D eigenvalue weighted by Gasteiger charge is 2.41. The molecule has 1 fully saturated rings. The molecule has 1 rings (SSSR count). The van der Waals surface area contributed by atoms with Gasteiger partial charge in [0.1, 0.15) is 17.6 Å². The second-order valence-corrected chi connectivity index (χ2v) is 5.45. The predicted octanol–water partition coefficient (Wildman–Crippen LogP) is 1.17. The molecule has 0 bridgehead atoms. The minimum absolute atomic E-state index is 0.200. The van der Waals surface area contributed by atoms with Crippen LogP contribution in [-0.2, 0) is 19.1 Å². The highest BCUT2D eigenvalue weighted by atomic mass is 16.6. The summed E-state index contributed by atoms with van der Waals surface area (Å²) in [6.45, 7) is 5.49. The number of carbonyl (C=O) groups is 2. The monoisotopic (exact) mass is 269 g/mol. The summed E-state index contributed by atoms with van der Waals surface area (Å²) in [7, 11) is 1.26. The predicted molar refractivity (Wildman–Crippen MR) is 67.1 cm³/mol. The topological polar surface area (TPSA) is 72.9 Å². The minimum atomic E-state index is -0.713. The Bertz CT molecular complexity index is 406. The zero-order valence-electron chi connectivity index (χ0n) is 11.6. The van der Waals surface area contributed by atoms with Gasteiger partial charge in [-0.15, -0.1) is 0 Å². The van der Waals surface area contributed by atoms with Crippen LogP contribution in [0.4, 0.5) is 4.79 Å². The largest absolute Gasteiger partial charge is 0.467 e. The molecular formula is C13H19NO5. The molecule has 6 nitrogen and oxygen atoms in total. The van der Waals surface area contributed by atoms with Crippen LogP contribution >= 0.6 is 0 Å². The van der Waals surface area contributed by atoms with Gasteiger partial charge >= 0.3 is 12.1 Å². The van der Waals surface area contributed by atoms with Gasteiger partial charge in [0.15, 0.2) is 0 Å². The number of methoxy groups -OCH3 is 1. The Kier molecular flexibility index (Phi) is 4.72. The summed E-state index contributed by atoms with van der Waals surface area (Å²) in [6.07, 6.45) is 1.09. The molecule has 1 amide bonds. The van der Waals surface area contributed by atoms with Crippen LogP contribution in [0, 0.1) is 5.92 Å². The van der Waals surface area contributed by atoms with E-state index >= 15 is 0 Å². The van der Waals surface area contributed by atoms with Crippen molar-refractivity contribution in [3.05, 3.63) is 6.08 Å². The fraction of sp³-hybridized carbons (Fsp3) is 0.692. The Morgan fingerprint density at radius 2 is 2.00 bits per heavy atom. The molecule has 2 atom stereocenters. The second-order valence-electron chi connectivity index (χ2n) is 5.45. The van der Waals surface area contributed by atoms with Crippen LogP contribution in [0.25, 0.3) is 0 Å². The van der Waals surface area contributed by atoms with E-state index < -0.39 is 23.7 Å². The third kappa shape index (κ3) is 4.10. The van der Waals surface area contributed by atoms with E-state index in [1.54, 1.807) is 26.7 Å². The lowest BCUT2D eigenvalue weighted by atomic mass is 10.1. The molecule has 0 N–H and O–H groups in total. The van der Waals surface area contributed by atoms with E-state index in [0.717, 1.165) is 0 Å². The maximum atomic E-state index is 12.0. The molecule has 0 aromatic rings.